The van der Waals surface area contributed by atoms with Gasteiger partial charge in [-0.25, -0.2) is 0 Å². The summed E-state index contributed by atoms with van der Waals surface area (Å²) in [4.78, 5) is 59.1. The zero-order valence-corrected chi connectivity index (χ0v) is 21.6. The van der Waals surface area contributed by atoms with Gasteiger partial charge in [-0.15, -0.1) is 0 Å². The van der Waals surface area contributed by atoms with Gasteiger partial charge in [-0.05, 0) is 49.6 Å². The number of aromatic nitrogens is 1. The first-order chi connectivity index (χ1) is 17.8. The van der Waals surface area contributed by atoms with Gasteiger partial charge in [0.25, 0.3) is 5.91 Å². The predicted molar refractivity (Wildman–Crippen MR) is 138 cm³/mol. The smallest absolute Gasteiger partial charge is 0.272 e. The fourth-order valence-corrected chi connectivity index (χ4v) is 4.10. The zero-order valence-electron chi connectivity index (χ0n) is 21.6. The molecule has 0 unspecified atom stereocenters. The van der Waals surface area contributed by atoms with Crippen LogP contribution in [-0.2, 0) is 20.8 Å². The van der Waals surface area contributed by atoms with E-state index in [0.29, 0.717) is 43.9 Å². The molecule has 37 heavy (non-hydrogen) atoms. The molecule has 0 spiro atoms. The number of ether oxygens (including phenoxy) is 1. The summed E-state index contributed by atoms with van der Waals surface area (Å²) in [6, 6.07) is 10.8. The molecular formula is C27H35N5O5. The van der Waals surface area contributed by atoms with E-state index >= 15 is 0 Å². The lowest BCUT2D eigenvalue weighted by Crippen LogP contribution is -2.54. The number of benzene rings is 1. The third-order valence-electron chi connectivity index (χ3n) is 6.45. The molecule has 198 valence electrons. The van der Waals surface area contributed by atoms with Crippen molar-refractivity contribution in [3.05, 3.63) is 59.9 Å². The summed E-state index contributed by atoms with van der Waals surface area (Å²) in [5.74, 6) is -0.486. The van der Waals surface area contributed by atoms with Crippen LogP contribution < -0.4 is 15.4 Å². The summed E-state index contributed by atoms with van der Waals surface area (Å²) >= 11 is 0. The summed E-state index contributed by atoms with van der Waals surface area (Å²) in [6.45, 7) is 2.75. The van der Waals surface area contributed by atoms with E-state index in [-0.39, 0.29) is 36.5 Å². The van der Waals surface area contributed by atoms with Gasteiger partial charge < -0.3 is 25.2 Å². The van der Waals surface area contributed by atoms with Gasteiger partial charge in [-0.1, -0.05) is 18.2 Å². The van der Waals surface area contributed by atoms with Crippen molar-refractivity contribution >= 4 is 23.6 Å². The lowest BCUT2D eigenvalue weighted by atomic mass is 10.0. The number of nitrogens with one attached hydrogen (secondary N) is 2. The fourth-order valence-electron chi connectivity index (χ4n) is 4.10. The summed E-state index contributed by atoms with van der Waals surface area (Å²) in [5.41, 5.74) is 1.17. The molecule has 0 aliphatic carbocycles. The number of nitrogens with zero attached hydrogens (tertiary/aromatic N) is 3. The van der Waals surface area contributed by atoms with Gasteiger partial charge in [-0.3, -0.25) is 24.2 Å². The van der Waals surface area contributed by atoms with Crippen molar-refractivity contribution in [3.8, 4) is 5.75 Å². The molecule has 0 radical (unpaired) electrons. The van der Waals surface area contributed by atoms with Gasteiger partial charge in [0.05, 0.1) is 7.11 Å². The maximum absolute atomic E-state index is 13.4. The van der Waals surface area contributed by atoms with Crippen LogP contribution in [0.1, 0.15) is 42.2 Å². The summed E-state index contributed by atoms with van der Waals surface area (Å²) in [5, 5.41) is 5.70. The van der Waals surface area contributed by atoms with Gasteiger partial charge in [0, 0.05) is 45.7 Å². The number of hydrogen-bond donors (Lipinski definition) is 2. The standard InChI is InChI=1S/C27H35N5O5/c1-19-25(34)29-15-7-17-32(27(36)22-8-4-5-14-28-22)16-6-9-24(33)30-23(26(35)31(19)2)18-20-10-12-21(37-3)13-11-20/h4-5,8,10-14,19,23H,6-7,9,15-18H2,1-3H3,(H,29,34)(H,30,33)/t19-,23-/m0/s1. The van der Waals surface area contributed by atoms with Crippen LogP contribution in [0.4, 0.5) is 0 Å². The second kappa shape index (κ2) is 13.4. The summed E-state index contributed by atoms with van der Waals surface area (Å²) < 4.78 is 5.20. The van der Waals surface area contributed by atoms with Gasteiger partial charge in [-0.2, -0.15) is 0 Å². The van der Waals surface area contributed by atoms with Crippen molar-refractivity contribution in [1.29, 1.82) is 0 Å². The molecule has 2 heterocycles. The second-order valence-corrected chi connectivity index (χ2v) is 9.05. The van der Waals surface area contributed by atoms with Crippen LogP contribution in [0.25, 0.3) is 0 Å². The highest BCUT2D eigenvalue weighted by molar-refractivity contribution is 5.93. The van der Waals surface area contributed by atoms with Gasteiger partial charge in [0.1, 0.15) is 23.5 Å². The van der Waals surface area contributed by atoms with Crippen LogP contribution in [-0.4, -0.2) is 84.3 Å². The normalized spacial score (nSPS) is 20.4. The molecule has 4 amide bonds. The first-order valence-electron chi connectivity index (χ1n) is 12.5. The zero-order chi connectivity index (χ0) is 26.8. The largest absolute Gasteiger partial charge is 0.497 e. The van der Waals surface area contributed by atoms with Gasteiger partial charge in [0.15, 0.2) is 0 Å². The molecule has 10 heteroatoms. The van der Waals surface area contributed by atoms with Crippen LogP contribution in [0.15, 0.2) is 48.7 Å². The van der Waals surface area contributed by atoms with Crippen molar-refractivity contribution in [2.75, 3.05) is 33.8 Å². The average molecular weight is 510 g/mol. The Bertz CT molecular complexity index is 1080. The van der Waals surface area contributed by atoms with Gasteiger partial charge >= 0.3 is 0 Å². The summed E-state index contributed by atoms with van der Waals surface area (Å²) in [7, 11) is 3.14. The third-order valence-corrected chi connectivity index (χ3v) is 6.45. The molecule has 2 atom stereocenters. The molecular weight excluding hydrogens is 474 g/mol. The molecule has 3 rings (SSSR count). The van der Waals surface area contributed by atoms with E-state index in [9.17, 15) is 19.2 Å². The van der Waals surface area contributed by atoms with E-state index in [4.69, 9.17) is 4.74 Å². The third kappa shape index (κ3) is 7.77. The summed E-state index contributed by atoms with van der Waals surface area (Å²) in [6.07, 6.45) is 2.92. The highest BCUT2D eigenvalue weighted by atomic mass is 16.5. The average Bonchev–Trinajstić information content (AvgIpc) is 2.92. The van der Waals surface area contributed by atoms with E-state index in [1.807, 2.05) is 12.1 Å². The minimum Gasteiger partial charge on any atom is -0.497 e. The van der Waals surface area contributed by atoms with E-state index in [1.165, 1.54) is 4.90 Å². The predicted octanol–water partition coefficient (Wildman–Crippen LogP) is 1.41. The first-order valence-corrected chi connectivity index (χ1v) is 12.5. The van der Waals surface area contributed by atoms with Crippen molar-refractivity contribution in [2.24, 2.45) is 0 Å². The Morgan fingerprint density at radius 3 is 2.49 bits per heavy atom. The van der Waals surface area contributed by atoms with E-state index < -0.39 is 12.1 Å². The number of amides is 4. The molecule has 10 nitrogen and oxygen atoms in total. The lowest BCUT2D eigenvalue weighted by Gasteiger charge is -2.29. The molecule has 2 aromatic rings. The molecule has 1 saturated heterocycles. The molecule has 1 aliphatic rings. The maximum Gasteiger partial charge on any atom is 0.272 e. The number of pyridine rings is 1. The molecule has 1 aliphatic heterocycles. The van der Waals surface area contributed by atoms with E-state index in [1.54, 1.807) is 62.5 Å². The highest BCUT2D eigenvalue weighted by Crippen LogP contribution is 2.15. The van der Waals surface area contributed by atoms with E-state index in [0.717, 1.165) is 5.56 Å². The molecule has 0 saturated carbocycles. The topological polar surface area (TPSA) is 121 Å². The minimum atomic E-state index is -0.850. The number of hydrogen-bond acceptors (Lipinski definition) is 6. The molecule has 1 fully saturated rings. The SMILES string of the molecule is COc1ccc(C[C@@H]2NC(=O)CCCN(C(=O)c3ccccn3)CCCNC(=O)[C@H](C)N(C)C2=O)cc1. The quantitative estimate of drug-likeness (QED) is 0.643. The molecule has 1 aromatic heterocycles. The number of rotatable bonds is 4. The Kier molecular flexibility index (Phi) is 10.00. The van der Waals surface area contributed by atoms with E-state index in [2.05, 4.69) is 15.6 Å². The minimum absolute atomic E-state index is 0.148. The van der Waals surface area contributed by atoms with Crippen LogP contribution in [0.2, 0.25) is 0 Å². The number of methoxy groups -OCH3 is 1. The van der Waals surface area contributed by atoms with Crippen molar-refractivity contribution in [3.63, 3.8) is 0 Å². The number of carbonyl (C=O) groups excluding carboxylic acids is 4. The Labute approximate surface area is 217 Å². The van der Waals surface area contributed by atoms with Crippen molar-refractivity contribution in [1.82, 2.24) is 25.4 Å². The van der Waals surface area contributed by atoms with Crippen LogP contribution in [0.3, 0.4) is 0 Å². The Hall–Kier alpha value is -3.95. The first kappa shape index (κ1) is 27.6. The van der Waals surface area contributed by atoms with Crippen molar-refractivity contribution in [2.45, 2.75) is 44.7 Å². The highest BCUT2D eigenvalue weighted by Gasteiger charge is 2.30. The number of carbonyl (C=O) groups is 4. The molecule has 0 bridgehead atoms. The Morgan fingerprint density at radius 2 is 1.81 bits per heavy atom. The maximum atomic E-state index is 13.4. The number of likely N-dealkylation sites (N-methyl/N-ethyl adjacent to an activating group) is 1. The van der Waals surface area contributed by atoms with Crippen LogP contribution >= 0.6 is 0 Å². The van der Waals surface area contributed by atoms with Crippen molar-refractivity contribution < 1.29 is 23.9 Å². The van der Waals surface area contributed by atoms with Crippen LogP contribution in [0.5, 0.6) is 5.75 Å². The monoisotopic (exact) mass is 509 g/mol. The molecule has 1 aromatic carbocycles. The van der Waals surface area contributed by atoms with Crippen LogP contribution in [0, 0.1) is 0 Å². The molecule has 2 N–H and O–H groups in total. The fraction of sp³-hybridized carbons (Fsp3) is 0.444. The Morgan fingerprint density at radius 1 is 1.08 bits per heavy atom. The van der Waals surface area contributed by atoms with Gasteiger partial charge in [0.2, 0.25) is 17.7 Å². The lowest BCUT2D eigenvalue weighted by molar-refractivity contribution is -0.141. The second-order valence-electron chi connectivity index (χ2n) is 9.05. The Balaban J connectivity index is 1.78.